The number of anilines is 1. The average molecular weight is 417 g/mol. The number of halogens is 1. The van der Waals surface area contributed by atoms with Gasteiger partial charge in [0.2, 0.25) is 0 Å². The number of carbonyl (C=O) groups excluding carboxylic acids is 1. The summed E-state index contributed by atoms with van der Waals surface area (Å²) in [4.78, 5) is 23.5. The lowest BCUT2D eigenvalue weighted by Crippen LogP contribution is -2.45. The number of hydrogen-bond donors (Lipinski definition) is 3. The zero-order chi connectivity index (χ0) is 20.4. The second-order valence-electron chi connectivity index (χ2n) is 6.29. The molecule has 0 saturated carbocycles. The summed E-state index contributed by atoms with van der Waals surface area (Å²) in [5.74, 6) is -0.325. The van der Waals surface area contributed by atoms with Crippen molar-refractivity contribution < 1.29 is 9.72 Å². The smallest absolute Gasteiger partial charge is 0.269 e. The van der Waals surface area contributed by atoms with Gasteiger partial charge in [-0.05, 0) is 61.5 Å². The Kier molecular flexibility index (Phi) is 5.62. The number of thiocarbonyl (C=S) groups is 1. The van der Waals surface area contributed by atoms with Crippen LogP contribution in [-0.2, 0) is 4.79 Å². The molecule has 0 radical (unpaired) electrons. The first kappa shape index (κ1) is 19.8. The highest BCUT2D eigenvalue weighted by atomic mass is 35.5. The lowest BCUT2D eigenvalue weighted by molar-refractivity contribution is -0.384. The summed E-state index contributed by atoms with van der Waals surface area (Å²) in [6, 6.07) is 10.7. The van der Waals surface area contributed by atoms with Gasteiger partial charge in [0.1, 0.15) is 0 Å². The van der Waals surface area contributed by atoms with Gasteiger partial charge in [-0.1, -0.05) is 17.7 Å². The molecule has 9 heteroatoms. The Labute approximate surface area is 171 Å². The topological polar surface area (TPSA) is 96.3 Å². The third-order valence-corrected chi connectivity index (χ3v) is 5.10. The molecule has 2 aromatic rings. The third kappa shape index (κ3) is 3.97. The first-order valence-electron chi connectivity index (χ1n) is 8.37. The average Bonchev–Trinajstić information content (AvgIpc) is 2.64. The van der Waals surface area contributed by atoms with Crippen LogP contribution in [0.15, 0.2) is 53.7 Å². The number of nitrogens with one attached hydrogen (secondary N) is 3. The zero-order valence-corrected chi connectivity index (χ0v) is 16.6. The number of amides is 1. The van der Waals surface area contributed by atoms with Crippen molar-refractivity contribution >= 4 is 46.2 Å². The minimum Gasteiger partial charge on any atom is -0.351 e. The van der Waals surface area contributed by atoms with E-state index in [4.69, 9.17) is 23.8 Å². The van der Waals surface area contributed by atoms with Crippen LogP contribution in [0.5, 0.6) is 0 Å². The highest BCUT2D eigenvalue weighted by Gasteiger charge is 2.30. The van der Waals surface area contributed by atoms with E-state index in [1.165, 1.54) is 12.1 Å². The van der Waals surface area contributed by atoms with E-state index in [9.17, 15) is 14.9 Å². The number of nitrogens with zero attached hydrogens (tertiary/aromatic N) is 1. The van der Waals surface area contributed by atoms with Gasteiger partial charge in [-0.2, -0.15) is 0 Å². The summed E-state index contributed by atoms with van der Waals surface area (Å²) in [5.41, 5.74) is 3.05. The monoisotopic (exact) mass is 416 g/mol. The Balaban J connectivity index is 1.96. The van der Waals surface area contributed by atoms with E-state index >= 15 is 0 Å². The van der Waals surface area contributed by atoms with Crippen LogP contribution in [0.25, 0.3) is 0 Å². The largest absolute Gasteiger partial charge is 0.351 e. The summed E-state index contributed by atoms with van der Waals surface area (Å²) in [6.45, 7) is 3.57. The van der Waals surface area contributed by atoms with Crippen molar-refractivity contribution in [3.05, 3.63) is 80.0 Å². The maximum Gasteiger partial charge on any atom is 0.269 e. The number of nitro benzene ring substituents is 1. The fraction of sp³-hybridized carbons (Fsp3) is 0.158. The molecule has 7 nitrogen and oxygen atoms in total. The van der Waals surface area contributed by atoms with Crippen LogP contribution >= 0.6 is 23.8 Å². The van der Waals surface area contributed by atoms with Crippen molar-refractivity contribution in [3.63, 3.8) is 0 Å². The molecule has 3 N–H and O–H groups in total. The van der Waals surface area contributed by atoms with Crippen molar-refractivity contribution in [2.75, 3.05) is 5.32 Å². The molecule has 0 aliphatic carbocycles. The van der Waals surface area contributed by atoms with Gasteiger partial charge >= 0.3 is 0 Å². The number of non-ortho nitro benzene ring substituents is 1. The zero-order valence-electron chi connectivity index (χ0n) is 15.1. The normalized spacial score (nSPS) is 16.2. The molecule has 0 saturated heterocycles. The number of rotatable bonds is 4. The lowest BCUT2D eigenvalue weighted by Gasteiger charge is -2.30. The minimum atomic E-state index is -0.547. The molecule has 0 bridgehead atoms. The predicted octanol–water partition coefficient (Wildman–Crippen LogP) is 3.99. The Hall–Kier alpha value is -2.97. The van der Waals surface area contributed by atoms with Crippen LogP contribution in [0.3, 0.4) is 0 Å². The number of benzene rings is 2. The van der Waals surface area contributed by atoms with Crippen LogP contribution in [-0.4, -0.2) is 15.9 Å². The van der Waals surface area contributed by atoms with Crippen molar-refractivity contribution in [2.24, 2.45) is 0 Å². The quantitative estimate of drug-likeness (QED) is 0.396. The second-order valence-corrected chi connectivity index (χ2v) is 7.10. The van der Waals surface area contributed by atoms with E-state index in [2.05, 4.69) is 16.0 Å². The first-order valence-corrected chi connectivity index (χ1v) is 9.15. The van der Waals surface area contributed by atoms with E-state index in [1.807, 2.05) is 6.92 Å². The molecule has 0 fully saturated rings. The molecule has 2 aromatic carbocycles. The number of nitro groups is 1. The van der Waals surface area contributed by atoms with E-state index in [0.717, 1.165) is 5.56 Å². The molecule has 1 atom stereocenters. The highest BCUT2D eigenvalue weighted by molar-refractivity contribution is 7.80. The molecule has 0 spiro atoms. The van der Waals surface area contributed by atoms with E-state index in [-0.39, 0.29) is 11.6 Å². The molecule has 0 unspecified atom stereocenters. The summed E-state index contributed by atoms with van der Waals surface area (Å²) in [5, 5.41) is 20.7. The van der Waals surface area contributed by atoms with Crippen LogP contribution < -0.4 is 16.0 Å². The minimum absolute atomic E-state index is 0.0264. The fourth-order valence-electron chi connectivity index (χ4n) is 2.97. The van der Waals surface area contributed by atoms with Gasteiger partial charge < -0.3 is 16.0 Å². The molecule has 1 heterocycles. The van der Waals surface area contributed by atoms with Gasteiger partial charge in [0.15, 0.2) is 5.11 Å². The molecule has 28 heavy (non-hydrogen) atoms. The van der Waals surface area contributed by atoms with Crippen LogP contribution in [0, 0.1) is 17.0 Å². The van der Waals surface area contributed by atoms with Crippen molar-refractivity contribution in [3.8, 4) is 0 Å². The predicted molar refractivity (Wildman–Crippen MR) is 112 cm³/mol. The SMILES string of the molecule is CC1=C(C(=O)Nc2cccc(Cl)c2C)[C@H](c2ccc([N+](=O)[O-])cc2)NC(=S)N1. The van der Waals surface area contributed by atoms with Gasteiger partial charge in [-0.25, -0.2) is 0 Å². The van der Waals surface area contributed by atoms with Gasteiger partial charge in [0.05, 0.1) is 16.5 Å². The second kappa shape index (κ2) is 7.95. The summed E-state index contributed by atoms with van der Waals surface area (Å²) >= 11 is 11.4. The van der Waals surface area contributed by atoms with E-state index in [0.29, 0.717) is 32.7 Å². The molecule has 1 amide bonds. The standard InChI is InChI=1S/C19H17ClN4O3S/c1-10-14(20)4-3-5-15(10)22-18(25)16-11(2)21-19(28)23-17(16)12-6-8-13(9-7-12)24(26)27/h3-9,17H,1-2H3,(H,22,25)(H2,21,23,28)/t17-/m0/s1. The van der Waals surface area contributed by atoms with Gasteiger partial charge in [-0.3, -0.25) is 14.9 Å². The van der Waals surface area contributed by atoms with Crippen molar-refractivity contribution in [1.29, 1.82) is 0 Å². The van der Waals surface area contributed by atoms with Gasteiger partial charge in [-0.15, -0.1) is 0 Å². The fourth-order valence-corrected chi connectivity index (χ4v) is 3.41. The van der Waals surface area contributed by atoms with E-state index < -0.39 is 11.0 Å². The van der Waals surface area contributed by atoms with Crippen molar-refractivity contribution in [1.82, 2.24) is 10.6 Å². The summed E-state index contributed by atoms with van der Waals surface area (Å²) in [7, 11) is 0. The Morgan fingerprint density at radius 3 is 2.54 bits per heavy atom. The highest BCUT2D eigenvalue weighted by Crippen LogP contribution is 2.30. The van der Waals surface area contributed by atoms with Gasteiger partial charge in [0.25, 0.3) is 11.6 Å². The maximum atomic E-state index is 13.1. The van der Waals surface area contributed by atoms with Crippen LogP contribution in [0.4, 0.5) is 11.4 Å². The molecule has 3 rings (SSSR count). The number of hydrogen-bond acceptors (Lipinski definition) is 4. The molecule has 144 valence electrons. The van der Waals surface area contributed by atoms with Crippen LogP contribution in [0.2, 0.25) is 5.02 Å². The van der Waals surface area contributed by atoms with Gasteiger partial charge in [0, 0.05) is 28.5 Å². The Morgan fingerprint density at radius 1 is 1.21 bits per heavy atom. The summed E-state index contributed by atoms with van der Waals surface area (Å²) in [6.07, 6.45) is 0. The maximum absolute atomic E-state index is 13.1. The van der Waals surface area contributed by atoms with E-state index in [1.54, 1.807) is 37.3 Å². The summed E-state index contributed by atoms with van der Waals surface area (Å²) < 4.78 is 0. The van der Waals surface area contributed by atoms with Crippen LogP contribution in [0.1, 0.15) is 24.1 Å². The Bertz CT molecular complexity index is 1000. The molecule has 1 aliphatic heterocycles. The lowest BCUT2D eigenvalue weighted by atomic mass is 9.94. The Morgan fingerprint density at radius 2 is 1.89 bits per heavy atom. The molecular weight excluding hydrogens is 400 g/mol. The first-order chi connectivity index (χ1) is 13.3. The van der Waals surface area contributed by atoms with Crippen molar-refractivity contribution in [2.45, 2.75) is 19.9 Å². The molecule has 1 aliphatic rings. The third-order valence-electron chi connectivity index (χ3n) is 4.47. The molecule has 0 aromatic heterocycles. The molecular formula is C19H17ClN4O3S. The number of allylic oxidation sites excluding steroid dienone is 1. The number of carbonyl (C=O) groups is 1.